The molecule has 0 aromatic carbocycles. The van der Waals surface area contributed by atoms with Crippen LogP contribution in [0, 0.1) is 23.7 Å². The van der Waals surface area contributed by atoms with E-state index in [9.17, 15) is 0 Å². The molecule has 0 radical (unpaired) electrons. The number of hydrogen-bond acceptors (Lipinski definition) is 2. The average Bonchev–Trinajstić information content (AvgIpc) is 2.28. The third-order valence-corrected chi connectivity index (χ3v) is 4.06. The average molecular weight is 228 g/mol. The Kier molecular flexibility index (Phi) is 6.37. The van der Waals surface area contributed by atoms with E-state index in [1.54, 1.807) is 0 Å². The molecule has 0 amide bonds. The molecule has 1 rings (SSSR count). The largest absolute Gasteiger partial charge is 0.381 e. The van der Waals surface area contributed by atoms with Crippen molar-refractivity contribution in [2.24, 2.45) is 23.7 Å². The molecule has 0 bridgehead atoms. The Morgan fingerprint density at radius 3 is 1.50 bits per heavy atom. The zero-order valence-corrected chi connectivity index (χ0v) is 11.4. The van der Waals surface area contributed by atoms with Crippen molar-refractivity contribution in [2.75, 3.05) is 26.4 Å². The fraction of sp³-hybridized carbons (Fsp3) is 1.00. The van der Waals surface area contributed by atoms with E-state index in [4.69, 9.17) is 9.47 Å². The van der Waals surface area contributed by atoms with Crippen molar-refractivity contribution in [3.63, 3.8) is 0 Å². The molecule has 0 N–H and O–H groups in total. The van der Waals surface area contributed by atoms with Crippen molar-refractivity contribution in [3.05, 3.63) is 0 Å². The number of rotatable bonds is 6. The van der Waals surface area contributed by atoms with E-state index >= 15 is 0 Å². The molecule has 1 saturated carbocycles. The fourth-order valence-corrected chi connectivity index (χ4v) is 2.75. The lowest BCUT2D eigenvalue weighted by Gasteiger charge is -2.38. The maximum Gasteiger partial charge on any atom is 0.0497 e. The molecule has 0 aromatic rings. The van der Waals surface area contributed by atoms with Gasteiger partial charge in [-0.3, -0.25) is 0 Å². The zero-order valence-electron chi connectivity index (χ0n) is 11.4. The van der Waals surface area contributed by atoms with Gasteiger partial charge >= 0.3 is 0 Å². The molecule has 0 aliphatic heterocycles. The first-order valence-electron chi connectivity index (χ1n) is 6.84. The van der Waals surface area contributed by atoms with Gasteiger partial charge in [-0.15, -0.1) is 0 Å². The van der Waals surface area contributed by atoms with E-state index in [1.807, 2.05) is 0 Å². The van der Waals surface area contributed by atoms with Crippen LogP contribution in [-0.2, 0) is 9.47 Å². The Balaban J connectivity index is 2.46. The Morgan fingerprint density at radius 1 is 0.812 bits per heavy atom. The molecule has 0 aromatic heterocycles. The highest BCUT2D eigenvalue weighted by Crippen LogP contribution is 2.37. The van der Waals surface area contributed by atoms with Gasteiger partial charge in [0.2, 0.25) is 0 Å². The second-order valence-corrected chi connectivity index (χ2v) is 5.27. The first-order chi connectivity index (χ1) is 7.69. The molecular formula is C14H28O2. The van der Waals surface area contributed by atoms with Crippen LogP contribution < -0.4 is 0 Å². The van der Waals surface area contributed by atoms with Crippen LogP contribution in [0.3, 0.4) is 0 Å². The third-order valence-electron chi connectivity index (χ3n) is 4.06. The Bertz CT molecular complexity index is 162. The van der Waals surface area contributed by atoms with Crippen LogP contribution in [0.2, 0.25) is 0 Å². The lowest BCUT2D eigenvalue weighted by molar-refractivity contribution is -0.00503. The van der Waals surface area contributed by atoms with Crippen LogP contribution in [-0.4, -0.2) is 26.4 Å². The standard InChI is InChI=1S/C14H28O2/c1-5-15-9-13-7-11(3)12(4)8-14(13)10-16-6-2/h11-14H,5-10H2,1-4H3. The molecule has 4 atom stereocenters. The van der Waals surface area contributed by atoms with Crippen molar-refractivity contribution in [1.82, 2.24) is 0 Å². The van der Waals surface area contributed by atoms with Gasteiger partial charge in [0.05, 0.1) is 0 Å². The van der Waals surface area contributed by atoms with Gasteiger partial charge in [0, 0.05) is 26.4 Å². The van der Waals surface area contributed by atoms with Gasteiger partial charge in [-0.25, -0.2) is 0 Å². The summed E-state index contributed by atoms with van der Waals surface area (Å²) in [5.41, 5.74) is 0. The zero-order chi connectivity index (χ0) is 12.0. The van der Waals surface area contributed by atoms with E-state index < -0.39 is 0 Å². The predicted molar refractivity (Wildman–Crippen MR) is 67.5 cm³/mol. The van der Waals surface area contributed by atoms with Crippen molar-refractivity contribution < 1.29 is 9.47 Å². The van der Waals surface area contributed by atoms with Gasteiger partial charge in [-0.2, -0.15) is 0 Å². The normalized spacial score (nSPS) is 35.2. The molecule has 2 nitrogen and oxygen atoms in total. The van der Waals surface area contributed by atoms with Gasteiger partial charge in [0.15, 0.2) is 0 Å². The molecule has 16 heavy (non-hydrogen) atoms. The van der Waals surface area contributed by atoms with E-state index in [0.29, 0.717) is 11.8 Å². The lowest BCUT2D eigenvalue weighted by Crippen LogP contribution is -2.34. The summed E-state index contributed by atoms with van der Waals surface area (Å²) in [6.07, 6.45) is 2.61. The van der Waals surface area contributed by atoms with Gasteiger partial charge in [-0.05, 0) is 50.4 Å². The molecule has 96 valence electrons. The minimum atomic E-state index is 0.706. The fourth-order valence-electron chi connectivity index (χ4n) is 2.75. The van der Waals surface area contributed by atoms with Crippen molar-refractivity contribution in [3.8, 4) is 0 Å². The van der Waals surface area contributed by atoms with Crippen LogP contribution in [0.15, 0.2) is 0 Å². The first-order valence-corrected chi connectivity index (χ1v) is 6.84. The Hall–Kier alpha value is -0.0800. The summed E-state index contributed by atoms with van der Waals surface area (Å²) in [7, 11) is 0. The second-order valence-electron chi connectivity index (χ2n) is 5.27. The first kappa shape index (κ1) is 14.0. The number of ether oxygens (including phenoxy) is 2. The minimum absolute atomic E-state index is 0.706. The summed E-state index contributed by atoms with van der Waals surface area (Å²) in [4.78, 5) is 0. The second kappa shape index (κ2) is 7.29. The Morgan fingerprint density at radius 2 is 1.19 bits per heavy atom. The SMILES string of the molecule is CCOCC1CC(C)C(C)CC1COCC. The molecule has 0 saturated heterocycles. The quantitative estimate of drug-likeness (QED) is 0.694. The highest BCUT2D eigenvalue weighted by Gasteiger charge is 2.32. The molecule has 0 heterocycles. The minimum Gasteiger partial charge on any atom is -0.381 e. The maximum atomic E-state index is 5.61. The Labute approximate surface area is 101 Å². The topological polar surface area (TPSA) is 18.5 Å². The summed E-state index contributed by atoms with van der Waals surface area (Å²) < 4.78 is 11.2. The highest BCUT2D eigenvalue weighted by atomic mass is 16.5. The summed E-state index contributed by atoms with van der Waals surface area (Å²) >= 11 is 0. The molecule has 1 aliphatic carbocycles. The molecule has 1 aliphatic rings. The van der Waals surface area contributed by atoms with Crippen molar-refractivity contribution in [2.45, 2.75) is 40.5 Å². The van der Waals surface area contributed by atoms with Crippen LogP contribution in [0.4, 0.5) is 0 Å². The van der Waals surface area contributed by atoms with Crippen LogP contribution >= 0.6 is 0 Å². The lowest BCUT2D eigenvalue weighted by atomic mass is 9.70. The molecule has 1 fully saturated rings. The molecular weight excluding hydrogens is 200 g/mol. The van der Waals surface area contributed by atoms with Crippen LogP contribution in [0.5, 0.6) is 0 Å². The third kappa shape index (κ3) is 4.06. The molecule has 2 heteroatoms. The van der Waals surface area contributed by atoms with Crippen molar-refractivity contribution >= 4 is 0 Å². The molecule has 4 unspecified atom stereocenters. The summed E-state index contributed by atoms with van der Waals surface area (Å²) in [5.74, 6) is 3.09. The van der Waals surface area contributed by atoms with E-state index in [0.717, 1.165) is 38.3 Å². The summed E-state index contributed by atoms with van der Waals surface area (Å²) in [6.45, 7) is 12.4. The van der Waals surface area contributed by atoms with E-state index in [2.05, 4.69) is 27.7 Å². The molecule has 0 spiro atoms. The highest BCUT2D eigenvalue weighted by molar-refractivity contribution is 4.82. The van der Waals surface area contributed by atoms with Crippen LogP contribution in [0.25, 0.3) is 0 Å². The maximum absolute atomic E-state index is 5.61. The summed E-state index contributed by atoms with van der Waals surface area (Å²) in [6, 6.07) is 0. The smallest absolute Gasteiger partial charge is 0.0497 e. The summed E-state index contributed by atoms with van der Waals surface area (Å²) in [5, 5.41) is 0. The van der Waals surface area contributed by atoms with Gasteiger partial charge < -0.3 is 9.47 Å². The van der Waals surface area contributed by atoms with E-state index in [1.165, 1.54) is 12.8 Å². The predicted octanol–water partition coefficient (Wildman–Crippen LogP) is 3.36. The van der Waals surface area contributed by atoms with Gasteiger partial charge in [0.25, 0.3) is 0 Å². The van der Waals surface area contributed by atoms with Gasteiger partial charge in [-0.1, -0.05) is 13.8 Å². The van der Waals surface area contributed by atoms with Crippen molar-refractivity contribution in [1.29, 1.82) is 0 Å². The number of hydrogen-bond donors (Lipinski definition) is 0. The van der Waals surface area contributed by atoms with E-state index in [-0.39, 0.29) is 0 Å². The van der Waals surface area contributed by atoms with Crippen LogP contribution in [0.1, 0.15) is 40.5 Å². The monoisotopic (exact) mass is 228 g/mol. The van der Waals surface area contributed by atoms with Gasteiger partial charge in [0.1, 0.15) is 0 Å².